The standard InChI is InChI=1S/C12H15NO4.H3N/c13-10(6-7-11(14)15)12(16)17-8-9-4-2-1-3-5-9;/h1-5,10H,6-8,13H2,(H,14,15);1H3/t10-;/m0./s1. The Labute approximate surface area is 105 Å². The second-order valence-electron chi connectivity index (χ2n) is 3.63. The van der Waals surface area contributed by atoms with E-state index in [9.17, 15) is 9.59 Å². The number of carboxylic acid groups (broad SMARTS) is 1. The summed E-state index contributed by atoms with van der Waals surface area (Å²) in [6.45, 7) is 0.153. The Hall–Kier alpha value is -1.92. The molecule has 100 valence electrons. The third-order valence-electron chi connectivity index (χ3n) is 2.20. The van der Waals surface area contributed by atoms with Gasteiger partial charge in [-0.2, -0.15) is 0 Å². The topological polar surface area (TPSA) is 125 Å². The van der Waals surface area contributed by atoms with E-state index in [2.05, 4.69) is 0 Å². The van der Waals surface area contributed by atoms with Gasteiger partial charge in [-0.05, 0) is 12.0 Å². The molecule has 0 amide bonds. The molecule has 0 aliphatic carbocycles. The summed E-state index contributed by atoms with van der Waals surface area (Å²) < 4.78 is 4.97. The third-order valence-corrected chi connectivity index (χ3v) is 2.20. The Balaban J connectivity index is 0.00000289. The van der Waals surface area contributed by atoms with Crippen molar-refractivity contribution in [2.45, 2.75) is 25.5 Å². The van der Waals surface area contributed by atoms with Gasteiger partial charge in [0.15, 0.2) is 0 Å². The lowest BCUT2D eigenvalue weighted by Gasteiger charge is -2.10. The summed E-state index contributed by atoms with van der Waals surface area (Å²) in [6.07, 6.45) is -0.0510. The van der Waals surface area contributed by atoms with Crippen molar-refractivity contribution < 1.29 is 19.4 Å². The zero-order valence-electron chi connectivity index (χ0n) is 10.0. The van der Waals surface area contributed by atoms with Gasteiger partial charge in [0.1, 0.15) is 12.6 Å². The van der Waals surface area contributed by atoms with Gasteiger partial charge < -0.3 is 21.7 Å². The van der Waals surface area contributed by atoms with Gasteiger partial charge >= 0.3 is 11.9 Å². The van der Waals surface area contributed by atoms with Gasteiger partial charge in [-0.3, -0.25) is 9.59 Å². The molecule has 0 spiro atoms. The molecule has 0 heterocycles. The fraction of sp³-hybridized carbons (Fsp3) is 0.333. The molecule has 6 N–H and O–H groups in total. The maximum atomic E-state index is 11.4. The van der Waals surface area contributed by atoms with E-state index in [0.29, 0.717) is 0 Å². The maximum Gasteiger partial charge on any atom is 0.323 e. The highest BCUT2D eigenvalue weighted by atomic mass is 16.5. The van der Waals surface area contributed by atoms with E-state index in [1.165, 1.54) is 0 Å². The van der Waals surface area contributed by atoms with Crippen molar-refractivity contribution >= 4 is 11.9 Å². The molecule has 18 heavy (non-hydrogen) atoms. The first-order valence-corrected chi connectivity index (χ1v) is 5.27. The molecule has 0 aromatic heterocycles. The largest absolute Gasteiger partial charge is 0.481 e. The average Bonchev–Trinajstić information content (AvgIpc) is 2.34. The van der Waals surface area contributed by atoms with Crippen LogP contribution in [-0.4, -0.2) is 23.1 Å². The Kier molecular flexibility index (Phi) is 7.34. The van der Waals surface area contributed by atoms with Crippen LogP contribution in [-0.2, 0) is 20.9 Å². The summed E-state index contributed by atoms with van der Waals surface area (Å²) in [5.41, 5.74) is 6.36. The zero-order valence-corrected chi connectivity index (χ0v) is 10.0. The summed E-state index contributed by atoms with van der Waals surface area (Å²) in [6, 6.07) is 8.33. The van der Waals surface area contributed by atoms with E-state index >= 15 is 0 Å². The van der Waals surface area contributed by atoms with Crippen LogP contribution in [0.25, 0.3) is 0 Å². The second kappa shape index (κ2) is 8.21. The highest BCUT2D eigenvalue weighted by Gasteiger charge is 2.16. The Morgan fingerprint density at radius 3 is 2.44 bits per heavy atom. The summed E-state index contributed by atoms with van der Waals surface area (Å²) in [5.74, 6) is -1.55. The molecule has 6 nitrogen and oxygen atoms in total. The highest BCUT2D eigenvalue weighted by Crippen LogP contribution is 2.03. The molecule has 6 heteroatoms. The number of nitrogens with two attached hydrogens (primary N) is 1. The lowest BCUT2D eigenvalue weighted by atomic mass is 10.2. The van der Waals surface area contributed by atoms with Crippen molar-refractivity contribution in [2.75, 3.05) is 0 Å². The lowest BCUT2D eigenvalue weighted by molar-refractivity contribution is -0.147. The molecule has 1 rings (SSSR count). The van der Waals surface area contributed by atoms with Gasteiger partial charge in [0.05, 0.1) is 0 Å². The molecule has 0 bridgehead atoms. The first-order chi connectivity index (χ1) is 8.09. The van der Waals surface area contributed by atoms with Gasteiger partial charge in [0, 0.05) is 6.42 Å². The quantitative estimate of drug-likeness (QED) is 0.652. The Morgan fingerprint density at radius 2 is 1.89 bits per heavy atom. The highest BCUT2D eigenvalue weighted by molar-refractivity contribution is 5.76. The molecule has 0 saturated carbocycles. The van der Waals surface area contributed by atoms with Crippen LogP contribution < -0.4 is 11.9 Å². The molecule has 0 unspecified atom stereocenters. The number of carbonyl (C=O) groups excluding carboxylic acids is 1. The van der Waals surface area contributed by atoms with Crippen molar-refractivity contribution in [1.29, 1.82) is 0 Å². The summed E-state index contributed by atoms with van der Waals surface area (Å²) in [5, 5.41) is 8.44. The fourth-order valence-corrected chi connectivity index (χ4v) is 1.23. The number of esters is 1. The van der Waals surface area contributed by atoms with Gasteiger partial charge in [-0.1, -0.05) is 30.3 Å². The smallest absolute Gasteiger partial charge is 0.323 e. The molecule has 0 saturated heterocycles. The number of carbonyl (C=O) groups is 2. The van der Waals surface area contributed by atoms with Gasteiger partial charge in [0.25, 0.3) is 0 Å². The van der Waals surface area contributed by atoms with E-state index in [-0.39, 0.29) is 25.6 Å². The first-order valence-electron chi connectivity index (χ1n) is 5.27. The van der Waals surface area contributed by atoms with E-state index in [1.807, 2.05) is 30.3 Å². The minimum atomic E-state index is -0.976. The Morgan fingerprint density at radius 1 is 1.28 bits per heavy atom. The number of benzene rings is 1. The van der Waals surface area contributed by atoms with Gasteiger partial charge in [-0.15, -0.1) is 0 Å². The van der Waals surface area contributed by atoms with Gasteiger partial charge in [0.2, 0.25) is 0 Å². The average molecular weight is 254 g/mol. The number of hydrogen-bond acceptors (Lipinski definition) is 5. The molecule has 0 fully saturated rings. The van der Waals surface area contributed by atoms with Gasteiger partial charge in [-0.25, -0.2) is 0 Å². The lowest BCUT2D eigenvalue weighted by Crippen LogP contribution is -2.32. The number of aliphatic carboxylic acids is 1. The predicted molar refractivity (Wildman–Crippen MR) is 66.1 cm³/mol. The van der Waals surface area contributed by atoms with E-state index < -0.39 is 18.0 Å². The zero-order chi connectivity index (χ0) is 12.7. The van der Waals surface area contributed by atoms with Crippen LogP contribution >= 0.6 is 0 Å². The van der Waals surface area contributed by atoms with Crippen LogP contribution in [0, 0.1) is 0 Å². The van der Waals surface area contributed by atoms with Crippen LogP contribution in [0.4, 0.5) is 0 Å². The molecule has 1 atom stereocenters. The van der Waals surface area contributed by atoms with Crippen LogP contribution in [0.2, 0.25) is 0 Å². The number of hydrogen-bond donors (Lipinski definition) is 3. The molecular weight excluding hydrogens is 236 g/mol. The van der Waals surface area contributed by atoms with E-state index in [4.69, 9.17) is 15.6 Å². The van der Waals surface area contributed by atoms with E-state index in [0.717, 1.165) is 5.56 Å². The molecule has 0 aliphatic rings. The predicted octanol–water partition coefficient (Wildman–Crippen LogP) is 1.08. The normalized spacial score (nSPS) is 11.2. The molecule has 0 aliphatic heterocycles. The van der Waals surface area contributed by atoms with E-state index in [1.54, 1.807) is 0 Å². The summed E-state index contributed by atoms with van der Waals surface area (Å²) in [4.78, 5) is 21.7. The number of ether oxygens (including phenoxy) is 1. The van der Waals surface area contributed by atoms with Crippen molar-refractivity contribution in [3.63, 3.8) is 0 Å². The number of carboxylic acids is 1. The minimum absolute atomic E-state index is 0. The Bertz CT molecular complexity index is 381. The molecule has 0 radical (unpaired) electrons. The van der Waals surface area contributed by atoms with Crippen molar-refractivity contribution in [3.8, 4) is 0 Å². The maximum absolute atomic E-state index is 11.4. The van der Waals surface area contributed by atoms with Crippen LogP contribution in [0.1, 0.15) is 18.4 Å². The third kappa shape index (κ3) is 5.97. The monoisotopic (exact) mass is 254 g/mol. The summed E-state index contributed by atoms with van der Waals surface area (Å²) in [7, 11) is 0. The van der Waals surface area contributed by atoms with Crippen LogP contribution in [0.3, 0.4) is 0 Å². The number of rotatable bonds is 6. The van der Waals surface area contributed by atoms with Crippen molar-refractivity contribution in [2.24, 2.45) is 5.73 Å². The molecule has 1 aromatic carbocycles. The van der Waals surface area contributed by atoms with Crippen LogP contribution in [0.15, 0.2) is 30.3 Å². The van der Waals surface area contributed by atoms with Crippen molar-refractivity contribution in [3.05, 3.63) is 35.9 Å². The molecular formula is C12H18N2O4. The van der Waals surface area contributed by atoms with Crippen molar-refractivity contribution in [1.82, 2.24) is 6.15 Å². The summed E-state index contributed by atoms with van der Waals surface area (Å²) >= 11 is 0. The SMILES string of the molecule is N.N[C@@H](CCC(=O)O)C(=O)OCc1ccccc1. The minimum Gasteiger partial charge on any atom is -0.481 e. The molecule has 1 aromatic rings. The first kappa shape index (κ1) is 16.1. The fourth-order valence-electron chi connectivity index (χ4n) is 1.23. The van der Waals surface area contributed by atoms with Crippen LogP contribution in [0.5, 0.6) is 0 Å². The second-order valence-corrected chi connectivity index (χ2v) is 3.63.